The number of hydrogen-bond acceptors (Lipinski definition) is 3. The number of hydrogen-bond donors (Lipinski definition) is 2. The molecule has 1 aliphatic rings. The Bertz CT molecular complexity index is 326. The molecule has 0 aliphatic heterocycles. The Morgan fingerprint density at radius 1 is 1.41 bits per heavy atom. The van der Waals surface area contributed by atoms with Gasteiger partial charge in [-0.15, -0.1) is 0 Å². The molecule has 1 fully saturated rings. The second-order valence-electron chi connectivity index (χ2n) is 5.82. The van der Waals surface area contributed by atoms with E-state index in [0.717, 1.165) is 0 Å². The Morgan fingerprint density at radius 3 is 2.59 bits per heavy atom. The van der Waals surface area contributed by atoms with E-state index in [2.05, 4.69) is 19.3 Å². The van der Waals surface area contributed by atoms with Crippen molar-refractivity contribution in [3.63, 3.8) is 0 Å². The molecule has 1 saturated carbocycles. The fourth-order valence-electron chi connectivity index (χ4n) is 3.57. The van der Waals surface area contributed by atoms with Gasteiger partial charge in [0.25, 0.3) is 0 Å². The first kappa shape index (κ1) is 12.7. The summed E-state index contributed by atoms with van der Waals surface area (Å²) in [6, 6.07) is 2.26. The molecule has 96 valence electrons. The minimum atomic E-state index is 0.228. The van der Waals surface area contributed by atoms with Crippen LogP contribution in [-0.4, -0.2) is 0 Å². The Kier molecular flexibility index (Phi) is 3.89. The van der Waals surface area contributed by atoms with Gasteiger partial charge in [0.05, 0.1) is 18.6 Å². The highest BCUT2D eigenvalue weighted by Gasteiger charge is 2.42. The average Bonchev–Trinajstić information content (AvgIpc) is 2.90. The molecule has 3 heteroatoms. The van der Waals surface area contributed by atoms with Crippen LogP contribution < -0.4 is 11.3 Å². The molecular formula is C14H24N2O. The second kappa shape index (κ2) is 5.23. The highest BCUT2D eigenvalue weighted by molar-refractivity contribution is 5.16. The third-order valence-corrected chi connectivity index (χ3v) is 4.07. The van der Waals surface area contributed by atoms with E-state index < -0.39 is 0 Å². The maximum atomic E-state index is 5.81. The molecule has 0 bridgehead atoms. The molecule has 0 aromatic carbocycles. The van der Waals surface area contributed by atoms with Gasteiger partial charge >= 0.3 is 0 Å². The lowest BCUT2D eigenvalue weighted by Crippen LogP contribution is -2.40. The summed E-state index contributed by atoms with van der Waals surface area (Å²) in [7, 11) is 0. The molecule has 2 rings (SSSR count). The molecule has 3 N–H and O–H groups in total. The third-order valence-electron chi connectivity index (χ3n) is 4.07. The van der Waals surface area contributed by atoms with E-state index in [0.29, 0.717) is 11.3 Å². The van der Waals surface area contributed by atoms with Crippen molar-refractivity contribution in [2.75, 3.05) is 0 Å². The van der Waals surface area contributed by atoms with Gasteiger partial charge in [0.1, 0.15) is 0 Å². The van der Waals surface area contributed by atoms with Gasteiger partial charge in [-0.2, -0.15) is 0 Å². The van der Waals surface area contributed by atoms with Gasteiger partial charge in [-0.1, -0.05) is 26.7 Å². The van der Waals surface area contributed by atoms with Crippen molar-refractivity contribution in [3.05, 3.63) is 24.2 Å². The minimum absolute atomic E-state index is 0.228. The zero-order chi connectivity index (χ0) is 12.3. The van der Waals surface area contributed by atoms with Gasteiger partial charge in [-0.3, -0.25) is 11.3 Å². The molecule has 0 amide bonds. The van der Waals surface area contributed by atoms with Crippen LogP contribution >= 0.6 is 0 Å². The van der Waals surface area contributed by atoms with Crippen LogP contribution in [0.1, 0.15) is 57.6 Å². The normalized spacial score (nSPS) is 20.9. The molecule has 0 radical (unpaired) electrons. The summed E-state index contributed by atoms with van der Waals surface area (Å²) in [5.41, 5.74) is 4.53. The lowest BCUT2D eigenvalue weighted by molar-refractivity contribution is 0.155. The van der Waals surface area contributed by atoms with Crippen molar-refractivity contribution in [1.82, 2.24) is 5.43 Å². The SMILES string of the molecule is CC(C)CC1(C(NN)c2ccoc2)CCCC1. The van der Waals surface area contributed by atoms with E-state index >= 15 is 0 Å². The zero-order valence-electron chi connectivity index (χ0n) is 10.9. The van der Waals surface area contributed by atoms with Crippen LogP contribution in [0.3, 0.4) is 0 Å². The van der Waals surface area contributed by atoms with E-state index in [1.54, 1.807) is 6.26 Å². The Balaban J connectivity index is 2.24. The molecule has 0 spiro atoms. The number of furan rings is 1. The van der Waals surface area contributed by atoms with Crippen LogP contribution in [0.4, 0.5) is 0 Å². The Morgan fingerprint density at radius 2 is 2.12 bits per heavy atom. The van der Waals surface area contributed by atoms with Gasteiger partial charge in [-0.05, 0) is 36.7 Å². The smallest absolute Gasteiger partial charge is 0.0951 e. The summed E-state index contributed by atoms with van der Waals surface area (Å²) in [5, 5.41) is 0. The number of rotatable bonds is 5. The van der Waals surface area contributed by atoms with E-state index in [1.807, 2.05) is 12.3 Å². The van der Waals surface area contributed by atoms with Gasteiger partial charge in [-0.25, -0.2) is 0 Å². The molecule has 1 unspecified atom stereocenters. The lowest BCUT2D eigenvalue weighted by atomic mass is 9.71. The topological polar surface area (TPSA) is 51.2 Å². The summed E-state index contributed by atoms with van der Waals surface area (Å²) in [6.07, 6.45) is 9.97. The first-order valence-electron chi connectivity index (χ1n) is 6.66. The second-order valence-corrected chi connectivity index (χ2v) is 5.82. The predicted molar refractivity (Wildman–Crippen MR) is 69.1 cm³/mol. The van der Waals surface area contributed by atoms with Gasteiger partial charge in [0.2, 0.25) is 0 Å². The Hall–Kier alpha value is -0.800. The summed E-state index contributed by atoms with van der Waals surface area (Å²) in [5.74, 6) is 6.52. The molecule has 1 atom stereocenters. The van der Waals surface area contributed by atoms with E-state index in [-0.39, 0.29) is 6.04 Å². The highest BCUT2D eigenvalue weighted by atomic mass is 16.3. The molecule has 1 aliphatic carbocycles. The van der Waals surface area contributed by atoms with Crippen molar-refractivity contribution in [3.8, 4) is 0 Å². The summed E-state index contributed by atoms with van der Waals surface area (Å²) < 4.78 is 5.21. The summed E-state index contributed by atoms with van der Waals surface area (Å²) >= 11 is 0. The van der Waals surface area contributed by atoms with Crippen LogP contribution in [0, 0.1) is 11.3 Å². The molecule has 1 heterocycles. The molecule has 0 saturated heterocycles. The van der Waals surface area contributed by atoms with Crippen molar-refractivity contribution in [2.45, 2.75) is 52.0 Å². The van der Waals surface area contributed by atoms with Crippen LogP contribution in [0.15, 0.2) is 23.0 Å². The van der Waals surface area contributed by atoms with Gasteiger partial charge in [0, 0.05) is 5.56 Å². The summed E-state index contributed by atoms with van der Waals surface area (Å²) in [4.78, 5) is 0. The van der Waals surface area contributed by atoms with Crippen LogP contribution in [0.2, 0.25) is 0 Å². The number of nitrogens with one attached hydrogen (secondary N) is 1. The lowest BCUT2D eigenvalue weighted by Gasteiger charge is -2.38. The first-order valence-corrected chi connectivity index (χ1v) is 6.66. The quantitative estimate of drug-likeness (QED) is 0.608. The van der Waals surface area contributed by atoms with Gasteiger partial charge < -0.3 is 4.42 Å². The van der Waals surface area contributed by atoms with Crippen LogP contribution in [-0.2, 0) is 0 Å². The largest absolute Gasteiger partial charge is 0.472 e. The van der Waals surface area contributed by atoms with E-state index in [1.165, 1.54) is 37.7 Å². The first-order chi connectivity index (χ1) is 8.18. The fraction of sp³-hybridized carbons (Fsp3) is 0.714. The summed E-state index contributed by atoms with van der Waals surface area (Å²) in [6.45, 7) is 4.59. The number of nitrogens with two attached hydrogens (primary N) is 1. The number of hydrazine groups is 1. The van der Waals surface area contributed by atoms with Crippen molar-refractivity contribution in [1.29, 1.82) is 0 Å². The molecule has 1 aromatic heterocycles. The monoisotopic (exact) mass is 236 g/mol. The van der Waals surface area contributed by atoms with Crippen LogP contribution in [0.25, 0.3) is 0 Å². The molecule has 1 aromatic rings. The fourth-order valence-corrected chi connectivity index (χ4v) is 3.57. The molecular weight excluding hydrogens is 212 g/mol. The Labute approximate surface area is 104 Å². The third kappa shape index (κ3) is 2.55. The predicted octanol–water partition coefficient (Wildman–Crippen LogP) is 3.39. The van der Waals surface area contributed by atoms with E-state index in [9.17, 15) is 0 Å². The maximum Gasteiger partial charge on any atom is 0.0951 e. The standard InChI is InChI=1S/C14H24N2O/c1-11(2)9-14(6-3-4-7-14)13(16-15)12-5-8-17-10-12/h5,8,10-11,13,16H,3-4,6-7,9,15H2,1-2H3. The highest BCUT2D eigenvalue weighted by Crippen LogP contribution is 2.51. The average molecular weight is 236 g/mol. The molecule has 17 heavy (non-hydrogen) atoms. The van der Waals surface area contributed by atoms with Crippen molar-refractivity contribution < 1.29 is 4.42 Å². The van der Waals surface area contributed by atoms with Crippen molar-refractivity contribution in [2.24, 2.45) is 17.2 Å². The van der Waals surface area contributed by atoms with Crippen LogP contribution in [0.5, 0.6) is 0 Å². The maximum absolute atomic E-state index is 5.81. The van der Waals surface area contributed by atoms with E-state index in [4.69, 9.17) is 10.3 Å². The van der Waals surface area contributed by atoms with Crippen molar-refractivity contribution >= 4 is 0 Å². The minimum Gasteiger partial charge on any atom is -0.472 e. The van der Waals surface area contributed by atoms with Gasteiger partial charge in [0.15, 0.2) is 0 Å². The molecule has 3 nitrogen and oxygen atoms in total. The zero-order valence-corrected chi connectivity index (χ0v) is 10.9.